The molecule has 5 aromatic rings. The van der Waals surface area contributed by atoms with Crippen molar-refractivity contribution >= 4 is 44.4 Å². The first-order chi connectivity index (χ1) is 12.8. The summed E-state index contributed by atoms with van der Waals surface area (Å²) in [7, 11) is 0. The third-order valence-corrected chi connectivity index (χ3v) is 5.83. The molecule has 0 bridgehead atoms. The van der Waals surface area contributed by atoms with Crippen molar-refractivity contribution in [2.24, 2.45) is 4.99 Å². The van der Waals surface area contributed by atoms with Crippen LogP contribution in [0.1, 0.15) is 0 Å². The van der Waals surface area contributed by atoms with Gasteiger partial charge in [0.15, 0.2) is 4.80 Å². The summed E-state index contributed by atoms with van der Waals surface area (Å²) in [4.78, 5) is 26.5. The maximum absolute atomic E-state index is 12.9. The van der Waals surface area contributed by atoms with Gasteiger partial charge < -0.3 is 4.98 Å². The summed E-state index contributed by atoms with van der Waals surface area (Å²) in [6.45, 7) is 0. The molecule has 2 aromatic carbocycles. The maximum Gasteiger partial charge on any atom is 0.274 e. The Morgan fingerprint density at radius 3 is 2.65 bits per heavy atom. The minimum Gasteiger partial charge on any atom is -0.319 e. The second kappa shape index (κ2) is 6.05. The van der Waals surface area contributed by atoms with Crippen molar-refractivity contribution in [3.8, 4) is 10.4 Å². The number of fused-ring (bicyclic) bond motifs is 3. The van der Waals surface area contributed by atoms with E-state index in [0.29, 0.717) is 10.6 Å². The van der Waals surface area contributed by atoms with Crippen LogP contribution in [0, 0.1) is 0 Å². The van der Waals surface area contributed by atoms with Gasteiger partial charge >= 0.3 is 0 Å². The number of hydrogen-bond acceptors (Lipinski definition) is 5. The second-order valence-corrected chi connectivity index (χ2v) is 7.51. The lowest BCUT2D eigenvalue weighted by molar-refractivity contribution is 1.11. The molecule has 0 aliphatic carbocycles. The summed E-state index contributed by atoms with van der Waals surface area (Å²) in [6.07, 6.45) is 1.73. The lowest BCUT2D eigenvalue weighted by Crippen LogP contribution is -2.16. The van der Waals surface area contributed by atoms with Gasteiger partial charge in [-0.2, -0.15) is 4.99 Å². The Labute approximate surface area is 155 Å². The van der Waals surface area contributed by atoms with E-state index in [1.165, 1.54) is 22.7 Å². The molecule has 0 saturated carbocycles. The van der Waals surface area contributed by atoms with E-state index in [2.05, 4.69) is 9.97 Å². The van der Waals surface area contributed by atoms with Crippen LogP contribution in [0.5, 0.6) is 0 Å². The number of thiazole rings is 2. The van der Waals surface area contributed by atoms with Gasteiger partial charge in [0.05, 0.1) is 15.9 Å². The maximum atomic E-state index is 12.9. The Hall–Kier alpha value is -3.03. The van der Waals surface area contributed by atoms with E-state index in [1.807, 2.05) is 64.4 Å². The molecular formula is C19H12N4OS2. The van der Waals surface area contributed by atoms with Crippen molar-refractivity contribution in [1.82, 2.24) is 14.4 Å². The van der Waals surface area contributed by atoms with Gasteiger partial charge in [0, 0.05) is 11.6 Å². The van der Waals surface area contributed by atoms with Gasteiger partial charge in [-0.3, -0.25) is 9.20 Å². The number of aromatic nitrogens is 3. The van der Waals surface area contributed by atoms with Crippen LogP contribution in [0.2, 0.25) is 0 Å². The summed E-state index contributed by atoms with van der Waals surface area (Å²) >= 11 is 2.97. The van der Waals surface area contributed by atoms with Gasteiger partial charge in [0.2, 0.25) is 5.13 Å². The lowest BCUT2D eigenvalue weighted by atomic mass is 10.2. The average Bonchev–Trinajstić information content (AvgIpc) is 3.31. The Bertz CT molecular complexity index is 1350. The highest BCUT2D eigenvalue weighted by atomic mass is 32.1. The number of hydrogen-bond donors (Lipinski definition) is 1. The van der Waals surface area contributed by atoms with Crippen molar-refractivity contribution in [2.75, 3.05) is 0 Å². The highest BCUT2D eigenvalue weighted by Crippen LogP contribution is 2.28. The van der Waals surface area contributed by atoms with Gasteiger partial charge in [-0.1, -0.05) is 53.8 Å². The molecule has 3 heterocycles. The lowest BCUT2D eigenvalue weighted by Gasteiger charge is -2.03. The summed E-state index contributed by atoms with van der Waals surface area (Å²) < 4.78 is 1.93. The molecule has 3 aromatic heterocycles. The van der Waals surface area contributed by atoms with E-state index in [-0.39, 0.29) is 5.56 Å². The zero-order valence-electron chi connectivity index (χ0n) is 13.4. The first-order valence-corrected chi connectivity index (χ1v) is 9.67. The molecule has 7 heteroatoms. The SMILES string of the molecule is O=c1[nH]c2ccccc2n2/c(=N\c3nccs3)sc(-c3ccccc3)c12. The molecule has 1 N–H and O–H groups in total. The third kappa shape index (κ3) is 2.40. The minimum absolute atomic E-state index is 0.126. The zero-order chi connectivity index (χ0) is 17.5. The van der Waals surface area contributed by atoms with Gasteiger partial charge in [-0.15, -0.1) is 11.3 Å². The van der Waals surface area contributed by atoms with E-state index in [0.717, 1.165) is 26.3 Å². The van der Waals surface area contributed by atoms with E-state index in [1.54, 1.807) is 6.20 Å². The van der Waals surface area contributed by atoms with Crippen molar-refractivity contribution in [3.63, 3.8) is 0 Å². The Morgan fingerprint density at radius 2 is 1.85 bits per heavy atom. The fourth-order valence-electron chi connectivity index (χ4n) is 2.98. The molecule has 0 aliphatic heterocycles. The topological polar surface area (TPSA) is 62.5 Å². The Kier molecular flexibility index (Phi) is 3.55. The minimum atomic E-state index is -0.126. The Morgan fingerprint density at radius 1 is 1.04 bits per heavy atom. The van der Waals surface area contributed by atoms with Crippen molar-refractivity contribution < 1.29 is 0 Å². The quantitative estimate of drug-likeness (QED) is 0.502. The van der Waals surface area contributed by atoms with Crippen LogP contribution in [-0.4, -0.2) is 14.4 Å². The number of nitrogens with one attached hydrogen (secondary N) is 1. The molecule has 5 rings (SSSR count). The number of aromatic amines is 1. The largest absolute Gasteiger partial charge is 0.319 e. The molecule has 5 nitrogen and oxygen atoms in total. The van der Waals surface area contributed by atoms with Crippen LogP contribution >= 0.6 is 22.7 Å². The average molecular weight is 376 g/mol. The van der Waals surface area contributed by atoms with Crippen molar-refractivity contribution in [3.05, 3.63) is 81.3 Å². The van der Waals surface area contributed by atoms with E-state index in [9.17, 15) is 4.79 Å². The van der Waals surface area contributed by atoms with Crippen LogP contribution < -0.4 is 10.4 Å². The molecule has 0 spiro atoms. The zero-order valence-corrected chi connectivity index (χ0v) is 15.1. The number of benzene rings is 2. The highest BCUT2D eigenvalue weighted by Gasteiger charge is 2.15. The Balaban J connectivity index is 2.00. The van der Waals surface area contributed by atoms with Crippen LogP contribution in [0.15, 0.2) is 76.0 Å². The molecule has 0 amide bonds. The molecule has 0 unspecified atom stereocenters. The van der Waals surface area contributed by atoms with Crippen LogP contribution in [0.25, 0.3) is 27.0 Å². The first-order valence-electron chi connectivity index (χ1n) is 7.97. The summed E-state index contributed by atoms with van der Waals surface area (Å²) in [5, 5.41) is 2.56. The number of rotatable bonds is 2. The molecular weight excluding hydrogens is 364 g/mol. The molecule has 0 radical (unpaired) electrons. The van der Waals surface area contributed by atoms with Gasteiger partial charge in [0.25, 0.3) is 5.56 Å². The molecule has 26 heavy (non-hydrogen) atoms. The first kappa shape index (κ1) is 15.2. The fraction of sp³-hybridized carbons (Fsp3) is 0. The predicted octanol–water partition coefficient (Wildman–Crippen LogP) is 4.20. The van der Waals surface area contributed by atoms with E-state index >= 15 is 0 Å². The molecule has 126 valence electrons. The second-order valence-electron chi connectivity index (χ2n) is 5.66. The highest BCUT2D eigenvalue weighted by molar-refractivity contribution is 7.14. The van der Waals surface area contributed by atoms with Gasteiger partial charge in [-0.05, 0) is 17.7 Å². The van der Waals surface area contributed by atoms with Crippen LogP contribution in [0.3, 0.4) is 0 Å². The van der Waals surface area contributed by atoms with E-state index < -0.39 is 0 Å². The monoisotopic (exact) mass is 376 g/mol. The number of nitrogens with zero attached hydrogens (tertiary/aromatic N) is 3. The molecule has 0 saturated heterocycles. The summed E-state index contributed by atoms with van der Waals surface area (Å²) in [5.41, 5.74) is 3.17. The molecule has 0 fully saturated rings. The smallest absolute Gasteiger partial charge is 0.274 e. The molecule has 0 aliphatic rings. The van der Waals surface area contributed by atoms with Crippen LogP contribution in [-0.2, 0) is 0 Å². The predicted molar refractivity (Wildman–Crippen MR) is 106 cm³/mol. The van der Waals surface area contributed by atoms with Crippen molar-refractivity contribution in [2.45, 2.75) is 0 Å². The van der Waals surface area contributed by atoms with E-state index in [4.69, 9.17) is 4.99 Å². The summed E-state index contributed by atoms with van der Waals surface area (Å²) in [6, 6.07) is 17.7. The van der Waals surface area contributed by atoms with Gasteiger partial charge in [-0.25, -0.2) is 4.98 Å². The normalized spacial score (nSPS) is 12.2. The summed E-state index contributed by atoms with van der Waals surface area (Å²) in [5.74, 6) is 0. The van der Waals surface area contributed by atoms with Gasteiger partial charge in [0.1, 0.15) is 5.52 Å². The standard InChI is InChI=1S/C19H12N4OS2/c24-17-15-16(12-6-2-1-3-7-12)26-19(22-18-20-10-11-25-18)23(15)14-9-5-4-8-13(14)21-17/h1-11H,(H,21,24)/b22-19+. The van der Waals surface area contributed by atoms with Crippen molar-refractivity contribution in [1.29, 1.82) is 0 Å². The number of para-hydroxylation sites is 2. The third-order valence-electron chi connectivity index (χ3n) is 4.08. The fourth-order valence-corrected chi connectivity index (χ4v) is 4.67. The van der Waals surface area contributed by atoms with Crippen LogP contribution in [0.4, 0.5) is 5.13 Å². The number of H-pyrrole nitrogens is 1. The molecule has 0 atom stereocenters.